The third kappa shape index (κ3) is 1.89. The predicted octanol–water partition coefficient (Wildman–Crippen LogP) is 2.84. The third-order valence-corrected chi connectivity index (χ3v) is 2.83. The molecule has 3 nitrogen and oxygen atoms in total. The van der Waals surface area contributed by atoms with Crippen LogP contribution in [0.5, 0.6) is 0 Å². The number of aromatic nitrogens is 2. The standard InChI is InChI=1S/C14H8F2N2O/c15-10-5-4-9(7-11(10)16)14(19)12-8-17-13-3-1-2-6-18(12)13/h1-8H. The zero-order valence-electron chi connectivity index (χ0n) is 9.68. The van der Waals surface area contributed by atoms with Crippen LogP contribution >= 0.6 is 0 Å². The quantitative estimate of drug-likeness (QED) is 0.662. The molecule has 0 saturated carbocycles. The van der Waals surface area contributed by atoms with Gasteiger partial charge in [-0.05, 0) is 30.3 Å². The molecule has 0 spiro atoms. The number of rotatable bonds is 2. The Bertz CT molecular complexity index is 780. The van der Waals surface area contributed by atoms with Crippen LogP contribution in [-0.2, 0) is 0 Å². The second-order valence-corrected chi connectivity index (χ2v) is 4.03. The van der Waals surface area contributed by atoms with E-state index in [0.29, 0.717) is 11.3 Å². The molecule has 0 radical (unpaired) electrons. The molecule has 3 aromatic rings. The van der Waals surface area contributed by atoms with Crippen molar-refractivity contribution in [3.8, 4) is 0 Å². The summed E-state index contributed by atoms with van der Waals surface area (Å²) in [6.45, 7) is 0. The fraction of sp³-hybridized carbons (Fsp3) is 0. The van der Waals surface area contributed by atoms with Gasteiger partial charge in [0.1, 0.15) is 11.3 Å². The molecule has 3 rings (SSSR count). The van der Waals surface area contributed by atoms with Crippen LogP contribution in [0.15, 0.2) is 48.8 Å². The number of imidazole rings is 1. The molecule has 0 fully saturated rings. The highest BCUT2D eigenvalue weighted by Gasteiger charge is 2.15. The molecule has 0 unspecified atom stereocenters. The normalized spacial score (nSPS) is 10.8. The van der Waals surface area contributed by atoms with Gasteiger partial charge < -0.3 is 0 Å². The van der Waals surface area contributed by atoms with Gasteiger partial charge in [0.15, 0.2) is 11.6 Å². The van der Waals surface area contributed by atoms with Crippen molar-refractivity contribution in [1.29, 1.82) is 0 Å². The summed E-state index contributed by atoms with van der Waals surface area (Å²) in [5.74, 6) is -2.42. The van der Waals surface area contributed by atoms with E-state index in [2.05, 4.69) is 4.98 Å². The third-order valence-electron chi connectivity index (χ3n) is 2.83. The van der Waals surface area contributed by atoms with E-state index < -0.39 is 17.4 Å². The van der Waals surface area contributed by atoms with Gasteiger partial charge in [0, 0.05) is 11.8 Å². The predicted molar refractivity (Wildman–Crippen MR) is 65.0 cm³/mol. The van der Waals surface area contributed by atoms with Gasteiger partial charge >= 0.3 is 0 Å². The first kappa shape index (κ1) is 11.5. The summed E-state index contributed by atoms with van der Waals surface area (Å²) in [6.07, 6.45) is 3.11. The van der Waals surface area contributed by atoms with Gasteiger partial charge in [0.25, 0.3) is 0 Å². The molecule has 0 aliphatic heterocycles. The lowest BCUT2D eigenvalue weighted by Gasteiger charge is -2.02. The number of hydrogen-bond donors (Lipinski definition) is 0. The highest BCUT2D eigenvalue weighted by molar-refractivity contribution is 6.08. The van der Waals surface area contributed by atoms with Crippen LogP contribution in [0.4, 0.5) is 8.78 Å². The van der Waals surface area contributed by atoms with E-state index in [4.69, 9.17) is 0 Å². The summed E-state index contributed by atoms with van der Waals surface area (Å²) < 4.78 is 27.6. The Morgan fingerprint density at radius 3 is 2.74 bits per heavy atom. The van der Waals surface area contributed by atoms with Crippen molar-refractivity contribution < 1.29 is 13.6 Å². The molecule has 2 aromatic heterocycles. The number of hydrogen-bond acceptors (Lipinski definition) is 2. The highest BCUT2D eigenvalue weighted by Crippen LogP contribution is 2.15. The first-order valence-electron chi connectivity index (χ1n) is 5.58. The Morgan fingerprint density at radius 1 is 1.11 bits per heavy atom. The van der Waals surface area contributed by atoms with Crippen LogP contribution in [0.3, 0.4) is 0 Å². The zero-order chi connectivity index (χ0) is 13.4. The van der Waals surface area contributed by atoms with E-state index in [9.17, 15) is 13.6 Å². The first-order chi connectivity index (χ1) is 9.16. The van der Waals surface area contributed by atoms with Crippen molar-refractivity contribution in [2.75, 3.05) is 0 Å². The molecule has 19 heavy (non-hydrogen) atoms. The molecule has 0 aliphatic carbocycles. The minimum absolute atomic E-state index is 0.0875. The monoisotopic (exact) mass is 258 g/mol. The van der Waals surface area contributed by atoms with Gasteiger partial charge in [-0.2, -0.15) is 0 Å². The van der Waals surface area contributed by atoms with E-state index in [-0.39, 0.29) is 5.56 Å². The van der Waals surface area contributed by atoms with Gasteiger partial charge in [0.05, 0.1) is 6.20 Å². The summed E-state index contributed by atoms with van der Waals surface area (Å²) in [7, 11) is 0. The molecule has 0 atom stereocenters. The Morgan fingerprint density at radius 2 is 1.95 bits per heavy atom. The average Bonchev–Trinajstić information content (AvgIpc) is 2.85. The van der Waals surface area contributed by atoms with E-state index in [0.717, 1.165) is 12.1 Å². The number of ketones is 1. The minimum atomic E-state index is -1.04. The van der Waals surface area contributed by atoms with Crippen LogP contribution < -0.4 is 0 Å². The molecular formula is C14H8F2N2O. The van der Waals surface area contributed by atoms with Crippen molar-refractivity contribution >= 4 is 11.4 Å². The zero-order valence-corrected chi connectivity index (χ0v) is 9.68. The lowest BCUT2D eigenvalue weighted by Crippen LogP contribution is -2.05. The van der Waals surface area contributed by atoms with Crippen LogP contribution in [0, 0.1) is 11.6 Å². The lowest BCUT2D eigenvalue weighted by molar-refractivity contribution is 0.103. The summed E-state index contributed by atoms with van der Waals surface area (Å²) >= 11 is 0. The maximum Gasteiger partial charge on any atom is 0.211 e. The molecule has 0 saturated heterocycles. The van der Waals surface area contributed by atoms with E-state index >= 15 is 0 Å². The molecular weight excluding hydrogens is 250 g/mol. The van der Waals surface area contributed by atoms with Gasteiger partial charge in [-0.1, -0.05) is 6.07 Å². The number of benzene rings is 1. The fourth-order valence-corrected chi connectivity index (χ4v) is 1.89. The average molecular weight is 258 g/mol. The SMILES string of the molecule is O=C(c1ccc(F)c(F)c1)c1cnc2ccccn12. The summed E-state index contributed by atoms with van der Waals surface area (Å²) in [6, 6.07) is 8.39. The van der Waals surface area contributed by atoms with Crippen molar-refractivity contribution in [2.45, 2.75) is 0 Å². The number of fused-ring (bicyclic) bond motifs is 1. The minimum Gasteiger partial charge on any atom is -0.297 e. The van der Waals surface area contributed by atoms with Crippen LogP contribution in [0.1, 0.15) is 16.1 Å². The van der Waals surface area contributed by atoms with Gasteiger partial charge in [-0.15, -0.1) is 0 Å². The number of carbonyl (C=O) groups is 1. The first-order valence-corrected chi connectivity index (χ1v) is 5.58. The number of nitrogens with zero attached hydrogens (tertiary/aromatic N) is 2. The summed E-state index contributed by atoms with van der Waals surface area (Å²) in [5.41, 5.74) is 1.01. The van der Waals surface area contributed by atoms with Gasteiger partial charge in [-0.25, -0.2) is 13.8 Å². The van der Waals surface area contributed by atoms with E-state index in [1.54, 1.807) is 28.8 Å². The van der Waals surface area contributed by atoms with Crippen molar-refractivity contribution in [3.63, 3.8) is 0 Å². The Balaban J connectivity index is 2.11. The maximum atomic E-state index is 13.1. The molecule has 2 heterocycles. The van der Waals surface area contributed by atoms with Crippen molar-refractivity contribution in [1.82, 2.24) is 9.38 Å². The van der Waals surface area contributed by atoms with Crippen LogP contribution in [0.25, 0.3) is 5.65 Å². The fourth-order valence-electron chi connectivity index (χ4n) is 1.89. The number of pyridine rings is 1. The molecule has 0 aliphatic rings. The Hall–Kier alpha value is -2.56. The number of halogens is 2. The van der Waals surface area contributed by atoms with Crippen LogP contribution in [0.2, 0.25) is 0 Å². The molecule has 5 heteroatoms. The molecule has 1 aromatic carbocycles. The molecule has 0 amide bonds. The Kier molecular flexibility index (Phi) is 2.59. The Labute approximate surface area is 107 Å². The topological polar surface area (TPSA) is 34.4 Å². The van der Waals surface area contributed by atoms with Crippen LogP contribution in [-0.4, -0.2) is 15.2 Å². The number of carbonyl (C=O) groups excluding carboxylic acids is 1. The van der Waals surface area contributed by atoms with Gasteiger partial charge in [0.2, 0.25) is 5.78 Å². The molecule has 0 bridgehead atoms. The highest BCUT2D eigenvalue weighted by atomic mass is 19.2. The summed E-state index contributed by atoms with van der Waals surface area (Å²) in [4.78, 5) is 16.3. The van der Waals surface area contributed by atoms with Gasteiger partial charge in [-0.3, -0.25) is 9.20 Å². The largest absolute Gasteiger partial charge is 0.297 e. The lowest BCUT2D eigenvalue weighted by atomic mass is 10.1. The molecule has 94 valence electrons. The van der Waals surface area contributed by atoms with Crippen molar-refractivity contribution in [2.24, 2.45) is 0 Å². The smallest absolute Gasteiger partial charge is 0.211 e. The summed E-state index contributed by atoms with van der Waals surface area (Å²) in [5, 5.41) is 0. The van der Waals surface area contributed by atoms with Crippen molar-refractivity contribution in [3.05, 3.63) is 71.7 Å². The van der Waals surface area contributed by atoms with E-state index in [1.807, 2.05) is 0 Å². The molecule has 0 N–H and O–H groups in total. The van der Waals surface area contributed by atoms with E-state index in [1.165, 1.54) is 12.3 Å². The second kappa shape index (κ2) is 4.28. The second-order valence-electron chi connectivity index (χ2n) is 4.03. The maximum absolute atomic E-state index is 13.1.